The van der Waals surface area contributed by atoms with Crippen molar-refractivity contribution in [3.63, 3.8) is 0 Å². The molecule has 6 heteroatoms. The van der Waals surface area contributed by atoms with E-state index in [4.69, 9.17) is 10.5 Å². The van der Waals surface area contributed by atoms with Crippen LogP contribution in [0.4, 0.5) is 0 Å². The van der Waals surface area contributed by atoms with Crippen LogP contribution in [0.5, 0.6) is 0 Å². The SMILES string of the molecule is Cl.Cl.N[C@H]1CCO[C@H](CN2CCCc3ccccc3C2)[C@H]1O. The quantitative estimate of drug-likeness (QED) is 0.854. The number of aryl methyl sites for hydroxylation is 1. The molecule has 0 bridgehead atoms. The van der Waals surface area contributed by atoms with Crippen molar-refractivity contribution in [3.8, 4) is 0 Å². The number of ether oxygens (including phenoxy) is 1. The highest BCUT2D eigenvalue weighted by molar-refractivity contribution is 5.85. The number of benzene rings is 1. The van der Waals surface area contributed by atoms with Gasteiger partial charge in [0.25, 0.3) is 0 Å². The minimum Gasteiger partial charge on any atom is -0.389 e. The Labute approximate surface area is 144 Å². The normalized spacial score (nSPS) is 28.7. The van der Waals surface area contributed by atoms with Crippen LogP contribution in [0.25, 0.3) is 0 Å². The second kappa shape index (κ2) is 9.06. The largest absolute Gasteiger partial charge is 0.389 e. The summed E-state index contributed by atoms with van der Waals surface area (Å²) in [6.07, 6.45) is 2.36. The van der Waals surface area contributed by atoms with Gasteiger partial charge in [0.1, 0.15) is 0 Å². The molecule has 126 valence electrons. The van der Waals surface area contributed by atoms with Crippen molar-refractivity contribution < 1.29 is 9.84 Å². The average Bonchev–Trinajstić information content (AvgIpc) is 2.65. The van der Waals surface area contributed by atoms with E-state index >= 15 is 0 Å². The Kier molecular flexibility index (Phi) is 8.11. The molecule has 0 saturated carbocycles. The smallest absolute Gasteiger partial charge is 0.0975 e. The molecule has 3 N–H and O–H groups in total. The van der Waals surface area contributed by atoms with Gasteiger partial charge in [-0.15, -0.1) is 24.8 Å². The van der Waals surface area contributed by atoms with E-state index in [1.807, 2.05) is 0 Å². The zero-order valence-electron chi connectivity index (χ0n) is 12.7. The third-order valence-corrected chi connectivity index (χ3v) is 4.47. The Balaban J connectivity index is 0.00000121. The Morgan fingerprint density at radius 1 is 1.23 bits per heavy atom. The van der Waals surface area contributed by atoms with Crippen molar-refractivity contribution in [3.05, 3.63) is 35.4 Å². The van der Waals surface area contributed by atoms with Gasteiger partial charge in [0.05, 0.1) is 12.2 Å². The highest BCUT2D eigenvalue weighted by Gasteiger charge is 2.32. The molecule has 2 heterocycles. The van der Waals surface area contributed by atoms with Gasteiger partial charge in [0.15, 0.2) is 0 Å². The molecule has 3 atom stereocenters. The Hall–Kier alpha value is -0.360. The minimum atomic E-state index is -0.540. The Bertz CT molecular complexity index is 462. The maximum atomic E-state index is 10.2. The van der Waals surface area contributed by atoms with Crippen LogP contribution in [-0.4, -0.2) is 48.0 Å². The summed E-state index contributed by atoms with van der Waals surface area (Å²) in [6, 6.07) is 8.50. The summed E-state index contributed by atoms with van der Waals surface area (Å²) >= 11 is 0. The number of rotatable bonds is 2. The summed E-state index contributed by atoms with van der Waals surface area (Å²) in [6.45, 7) is 3.42. The molecule has 2 aliphatic rings. The highest BCUT2D eigenvalue weighted by Crippen LogP contribution is 2.21. The van der Waals surface area contributed by atoms with Gasteiger partial charge in [-0.25, -0.2) is 0 Å². The van der Waals surface area contributed by atoms with Gasteiger partial charge >= 0.3 is 0 Å². The van der Waals surface area contributed by atoms with Crippen LogP contribution in [0.1, 0.15) is 24.0 Å². The fourth-order valence-corrected chi connectivity index (χ4v) is 3.24. The lowest BCUT2D eigenvalue weighted by atomic mass is 10.00. The van der Waals surface area contributed by atoms with Crippen molar-refractivity contribution in [2.45, 2.75) is 44.1 Å². The monoisotopic (exact) mass is 348 g/mol. The molecule has 0 amide bonds. The van der Waals surface area contributed by atoms with E-state index in [0.29, 0.717) is 6.61 Å². The molecule has 0 spiro atoms. The van der Waals surface area contributed by atoms with Gasteiger partial charge in [-0.1, -0.05) is 24.3 Å². The second-order valence-electron chi connectivity index (χ2n) is 5.96. The van der Waals surface area contributed by atoms with Crippen LogP contribution in [0.2, 0.25) is 0 Å². The average molecular weight is 349 g/mol. The van der Waals surface area contributed by atoms with Crippen molar-refractivity contribution in [1.29, 1.82) is 0 Å². The standard InChI is InChI=1S/C16H24N2O2.2ClH/c17-14-7-9-20-15(16(14)19)11-18-8-3-6-12-4-1-2-5-13(12)10-18;;/h1-2,4-5,14-16,19H,3,6-11,17H2;2*1H/t14-,15+,16-;;/m0../s1. The molecular weight excluding hydrogens is 323 g/mol. The fourth-order valence-electron chi connectivity index (χ4n) is 3.24. The zero-order valence-corrected chi connectivity index (χ0v) is 14.3. The topological polar surface area (TPSA) is 58.7 Å². The number of aliphatic hydroxyl groups excluding tert-OH is 1. The van der Waals surface area contributed by atoms with E-state index in [2.05, 4.69) is 29.2 Å². The van der Waals surface area contributed by atoms with E-state index in [-0.39, 0.29) is 37.0 Å². The fraction of sp³-hybridized carbons (Fsp3) is 0.625. The van der Waals surface area contributed by atoms with Gasteiger partial charge in [-0.3, -0.25) is 4.90 Å². The van der Waals surface area contributed by atoms with E-state index in [1.165, 1.54) is 11.1 Å². The van der Waals surface area contributed by atoms with Gasteiger partial charge in [-0.05, 0) is 36.9 Å². The molecule has 1 aromatic carbocycles. The molecule has 1 saturated heterocycles. The van der Waals surface area contributed by atoms with Gasteiger partial charge in [0, 0.05) is 25.7 Å². The second-order valence-corrected chi connectivity index (χ2v) is 5.96. The lowest BCUT2D eigenvalue weighted by Crippen LogP contribution is -2.53. The number of hydrogen-bond donors (Lipinski definition) is 2. The maximum absolute atomic E-state index is 10.2. The lowest BCUT2D eigenvalue weighted by molar-refractivity contribution is -0.0955. The molecule has 0 radical (unpaired) electrons. The molecule has 0 unspecified atom stereocenters. The minimum absolute atomic E-state index is 0. The molecule has 3 rings (SSSR count). The van der Waals surface area contributed by atoms with Crippen LogP contribution in [0.3, 0.4) is 0 Å². The molecule has 1 aromatic rings. The van der Waals surface area contributed by atoms with E-state index in [9.17, 15) is 5.11 Å². The Morgan fingerprint density at radius 3 is 2.73 bits per heavy atom. The zero-order chi connectivity index (χ0) is 13.9. The predicted molar refractivity (Wildman–Crippen MR) is 92.9 cm³/mol. The first kappa shape index (κ1) is 19.7. The van der Waals surface area contributed by atoms with Crippen molar-refractivity contribution in [2.24, 2.45) is 5.73 Å². The van der Waals surface area contributed by atoms with Crippen LogP contribution in [-0.2, 0) is 17.7 Å². The van der Waals surface area contributed by atoms with E-state index < -0.39 is 6.10 Å². The number of halogens is 2. The predicted octanol–water partition coefficient (Wildman–Crippen LogP) is 1.76. The molecule has 0 aromatic heterocycles. The summed E-state index contributed by atoms with van der Waals surface area (Å²) in [5.74, 6) is 0. The van der Waals surface area contributed by atoms with Crippen molar-refractivity contribution in [2.75, 3.05) is 19.7 Å². The molecule has 0 aliphatic carbocycles. The number of aliphatic hydroxyl groups is 1. The van der Waals surface area contributed by atoms with Gasteiger partial charge in [0.2, 0.25) is 0 Å². The number of fused-ring (bicyclic) bond motifs is 1. The summed E-state index contributed by atoms with van der Waals surface area (Å²) in [5.41, 5.74) is 8.79. The number of hydrogen-bond acceptors (Lipinski definition) is 4. The third-order valence-electron chi connectivity index (χ3n) is 4.47. The van der Waals surface area contributed by atoms with Crippen LogP contribution < -0.4 is 5.73 Å². The lowest BCUT2D eigenvalue weighted by Gasteiger charge is -2.35. The Morgan fingerprint density at radius 2 is 1.95 bits per heavy atom. The first-order chi connectivity index (χ1) is 9.74. The summed E-state index contributed by atoms with van der Waals surface area (Å²) in [5, 5.41) is 10.2. The van der Waals surface area contributed by atoms with Crippen LogP contribution in [0.15, 0.2) is 24.3 Å². The third kappa shape index (κ3) is 4.57. The van der Waals surface area contributed by atoms with Crippen molar-refractivity contribution >= 4 is 24.8 Å². The van der Waals surface area contributed by atoms with Crippen LogP contribution >= 0.6 is 24.8 Å². The van der Waals surface area contributed by atoms with E-state index in [0.717, 1.165) is 38.9 Å². The van der Waals surface area contributed by atoms with Gasteiger partial charge in [-0.2, -0.15) is 0 Å². The maximum Gasteiger partial charge on any atom is 0.0975 e. The van der Waals surface area contributed by atoms with E-state index in [1.54, 1.807) is 0 Å². The summed E-state index contributed by atoms with van der Waals surface area (Å²) < 4.78 is 5.72. The first-order valence-electron chi connectivity index (χ1n) is 7.58. The summed E-state index contributed by atoms with van der Waals surface area (Å²) in [7, 11) is 0. The molecular formula is C16H26Cl2N2O2. The molecule has 4 nitrogen and oxygen atoms in total. The van der Waals surface area contributed by atoms with Crippen LogP contribution in [0, 0.1) is 0 Å². The van der Waals surface area contributed by atoms with Gasteiger partial charge < -0.3 is 15.6 Å². The molecule has 2 aliphatic heterocycles. The molecule has 1 fully saturated rings. The first-order valence-corrected chi connectivity index (χ1v) is 7.58. The van der Waals surface area contributed by atoms with Crippen molar-refractivity contribution in [1.82, 2.24) is 4.90 Å². The number of nitrogens with zero attached hydrogens (tertiary/aromatic N) is 1. The summed E-state index contributed by atoms with van der Waals surface area (Å²) in [4.78, 5) is 2.39. The molecule has 22 heavy (non-hydrogen) atoms. The highest BCUT2D eigenvalue weighted by atomic mass is 35.5. The number of nitrogens with two attached hydrogens (primary N) is 1.